The summed E-state index contributed by atoms with van der Waals surface area (Å²) >= 11 is 0. The zero-order valence-electron chi connectivity index (χ0n) is 16.8. The third-order valence-corrected chi connectivity index (χ3v) is 5.31. The van der Waals surface area contributed by atoms with E-state index in [4.69, 9.17) is 9.47 Å². The predicted octanol–water partition coefficient (Wildman–Crippen LogP) is 2.81. The molecule has 7 nitrogen and oxygen atoms in total. The fourth-order valence-electron chi connectivity index (χ4n) is 3.79. The van der Waals surface area contributed by atoms with Crippen LogP contribution < -0.4 is 14.8 Å². The maximum absolute atomic E-state index is 12.6. The van der Waals surface area contributed by atoms with Gasteiger partial charge in [0.2, 0.25) is 0 Å². The predicted molar refractivity (Wildman–Crippen MR) is 113 cm³/mol. The molecular weight excluding hydrogens is 394 g/mol. The molecule has 0 bridgehead atoms. The van der Waals surface area contributed by atoms with E-state index in [2.05, 4.69) is 10.3 Å². The lowest BCUT2D eigenvalue weighted by atomic mass is 10.1. The minimum absolute atomic E-state index is 0.0866. The number of pyridine rings is 1. The van der Waals surface area contributed by atoms with Gasteiger partial charge in [-0.05, 0) is 36.4 Å². The summed E-state index contributed by atoms with van der Waals surface area (Å²) in [6.07, 6.45) is -0.0866. The second kappa shape index (κ2) is 8.20. The summed E-state index contributed by atoms with van der Waals surface area (Å²) in [5, 5.41) is 3.34. The van der Waals surface area contributed by atoms with Gasteiger partial charge in [-0.3, -0.25) is 19.5 Å². The van der Waals surface area contributed by atoms with Crippen molar-refractivity contribution >= 4 is 11.8 Å². The van der Waals surface area contributed by atoms with Crippen LogP contribution in [0.3, 0.4) is 0 Å². The van der Waals surface area contributed by atoms with Crippen LogP contribution in [0.15, 0.2) is 66.7 Å². The number of carbonyl (C=O) groups excluding carboxylic acids is 2. The summed E-state index contributed by atoms with van der Waals surface area (Å²) < 4.78 is 11.7. The van der Waals surface area contributed by atoms with Crippen LogP contribution >= 0.6 is 0 Å². The zero-order valence-corrected chi connectivity index (χ0v) is 16.8. The van der Waals surface area contributed by atoms with Crippen molar-refractivity contribution in [1.29, 1.82) is 0 Å². The molecule has 156 valence electrons. The Kier molecular flexibility index (Phi) is 5.09. The number of nitrogens with one attached hydrogen (secondary N) is 1. The van der Waals surface area contributed by atoms with E-state index in [0.717, 1.165) is 17.2 Å². The van der Waals surface area contributed by atoms with Crippen molar-refractivity contribution in [2.75, 3.05) is 13.2 Å². The fraction of sp³-hybridized carbons (Fsp3) is 0.208. The van der Waals surface area contributed by atoms with E-state index in [1.807, 2.05) is 42.5 Å². The topological polar surface area (TPSA) is 80.8 Å². The van der Waals surface area contributed by atoms with Gasteiger partial charge in [0.05, 0.1) is 29.1 Å². The van der Waals surface area contributed by atoms with Gasteiger partial charge in [-0.1, -0.05) is 30.3 Å². The van der Waals surface area contributed by atoms with Gasteiger partial charge in [-0.15, -0.1) is 0 Å². The standard InChI is InChI=1S/C24H21N3O4/c28-23-19-8-1-2-9-20(19)24(29)27(23)14-17-7-5-6-16(26-17)12-25-13-18-15-30-21-10-3-4-11-22(21)31-18/h1-11,18,25H,12-15H2. The number of hydrogen-bond acceptors (Lipinski definition) is 6. The van der Waals surface area contributed by atoms with Gasteiger partial charge in [0, 0.05) is 13.1 Å². The van der Waals surface area contributed by atoms with Gasteiger partial charge in [0.15, 0.2) is 11.5 Å². The van der Waals surface area contributed by atoms with Crippen LogP contribution in [-0.2, 0) is 13.1 Å². The molecule has 2 aromatic carbocycles. The highest BCUT2D eigenvalue weighted by atomic mass is 16.6. The van der Waals surface area contributed by atoms with E-state index in [9.17, 15) is 9.59 Å². The van der Waals surface area contributed by atoms with Gasteiger partial charge in [-0.25, -0.2) is 0 Å². The minimum atomic E-state index is -0.277. The molecule has 3 aromatic rings. The summed E-state index contributed by atoms with van der Waals surface area (Å²) in [5.41, 5.74) is 2.38. The van der Waals surface area contributed by atoms with Crippen molar-refractivity contribution in [1.82, 2.24) is 15.2 Å². The van der Waals surface area contributed by atoms with Crippen LogP contribution in [0.1, 0.15) is 32.1 Å². The third kappa shape index (κ3) is 3.87. The quantitative estimate of drug-likeness (QED) is 0.624. The first kappa shape index (κ1) is 19.3. The van der Waals surface area contributed by atoms with Crippen molar-refractivity contribution in [2.45, 2.75) is 19.2 Å². The molecule has 0 fully saturated rings. The lowest BCUT2D eigenvalue weighted by Gasteiger charge is -2.26. The average molecular weight is 415 g/mol. The van der Waals surface area contributed by atoms with Gasteiger partial charge in [0.25, 0.3) is 11.8 Å². The summed E-state index contributed by atoms with van der Waals surface area (Å²) in [6, 6.07) is 20.1. The molecule has 31 heavy (non-hydrogen) atoms. The third-order valence-electron chi connectivity index (χ3n) is 5.31. The average Bonchev–Trinajstić information content (AvgIpc) is 3.04. The first-order valence-corrected chi connectivity index (χ1v) is 10.2. The van der Waals surface area contributed by atoms with E-state index in [0.29, 0.717) is 36.5 Å². The largest absolute Gasteiger partial charge is 0.486 e. The molecule has 5 rings (SSSR count). The minimum Gasteiger partial charge on any atom is -0.486 e. The van der Waals surface area contributed by atoms with E-state index in [1.54, 1.807) is 24.3 Å². The summed E-state index contributed by atoms with van der Waals surface area (Å²) in [7, 11) is 0. The molecule has 1 N–H and O–H groups in total. The lowest BCUT2D eigenvalue weighted by molar-refractivity contribution is 0.0640. The Hall–Kier alpha value is -3.71. The van der Waals surface area contributed by atoms with E-state index >= 15 is 0 Å². The van der Waals surface area contributed by atoms with Crippen molar-refractivity contribution in [3.8, 4) is 11.5 Å². The number of fused-ring (bicyclic) bond motifs is 2. The molecule has 7 heteroatoms. The van der Waals surface area contributed by atoms with Crippen molar-refractivity contribution in [3.63, 3.8) is 0 Å². The number of rotatable bonds is 6. The highest BCUT2D eigenvalue weighted by Gasteiger charge is 2.35. The molecule has 0 spiro atoms. The molecule has 2 aliphatic heterocycles. The van der Waals surface area contributed by atoms with Gasteiger partial charge >= 0.3 is 0 Å². The van der Waals surface area contributed by atoms with Crippen LogP contribution in [0.25, 0.3) is 0 Å². The number of benzene rings is 2. The summed E-state index contributed by atoms with van der Waals surface area (Å²) in [6.45, 7) is 1.78. The summed E-state index contributed by atoms with van der Waals surface area (Å²) in [5.74, 6) is 0.962. The van der Waals surface area contributed by atoms with Gasteiger partial charge in [0.1, 0.15) is 12.7 Å². The first-order valence-electron chi connectivity index (χ1n) is 10.2. The maximum atomic E-state index is 12.6. The maximum Gasteiger partial charge on any atom is 0.261 e. The van der Waals surface area contributed by atoms with Gasteiger partial charge in [-0.2, -0.15) is 0 Å². The first-order chi connectivity index (χ1) is 15.2. The van der Waals surface area contributed by atoms with E-state index < -0.39 is 0 Å². The molecule has 1 unspecified atom stereocenters. The number of amides is 2. The SMILES string of the molecule is O=C1c2ccccc2C(=O)N1Cc1cccc(CNCC2COc3ccccc3O2)n1. The highest BCUT2D eigenvalue weighted by Crippen LogP contribution is 2.30. The number of carbonyl (C=O) groups is 2. The number of imide groups is 1. The Balaban J connectivity index is 1.18. The molecule has 3 heterocycles. The van der Waals surface area contributed by atoms with Crippen LogP contribution in [0, 0.1) is 0 Å². The molecule has 0 radical (unpaired) electrons. The summed E-state index contributed by atoms with van der Waals surface area (Å²) in [4.78, 5) is 31.0. The Labute approximate surface area is 179 Å². The second-order valence-corrected chi connectivity index (χ2v) is 7.49. The number of ether oxygens (including phenoxy) is 2. The van der Waals surface area contributed by atoms with Crippen LogP contribution in [0.4, 0.5) is 0 Å². The van der Waals surface area contributed by atoms with E-state index in [-0.39, 0.29) is 24.5 Å². The van der Waals surface area contributed by atoms with Crippen LogP contribution in [0.5, 0.6) is 11.5 Å². The van der Waals surface area contributed by atoms with E-state index in [1.165, 1.54) is 4.90 Å². The Morgan fingerprint density at radius 3 is 2.32 bits per heavy atom. The van der Waals surface area contributed by atoms with Crippen molar-refractivity contribution < 1.29 is 19.1 Å². The number of nitrogens with zero attached hydrogens (tertiary/aromatic N) is 2. The molecular formula is C24H21N3O4. The number of hydrogen-bond donors (Lipinski definition) is 1. The highest BCUT2D eigenvalue weighted by molar-refractivity contribution is 6.21. The molecule has 0 aliphatic carbocycles. The Bertz CT molecular complexity index is 1110. The lowest BCUT2D eigenvalue weighted by Crippen LogP contribution is -2.38. The second-order valence-electron chi connectivity index (χ2n) is 7.49. The smallest absolute Gasteiger partial charge is 0.261 e. The molecule has 2 aliphatic rings. The van der Waals surface area contributed by atoms with Crippen molar-refractivity contribution in [2.24, 2.45) is 0 Å². The van der Waals surface area contributed by atoms with Gasteiger partial charge < -0.3 is 14.8 Å². The number of para-hydroxylation sites is 2. The van der Waals surface area contributed by atoms with Crippen molar-refractivity contribution in [3.05, 3.63) is 89.2 Å². The molecule has 0 saturated carbocycles. The Morgan fingerprint density at radius 2 is 1.55 bits per heavy atom. The molecule has 1 aromatic heterocycles. The normalized spacial score (nSPS) is 17.0. The Morgan fingerprint density at radius 1 is 0.871 bits per heavy atom. The molecule has 2 amide bonds. The van der Waals surface area contributed by atoms with Crippen LogP contribution in [0.2, 0.25) is 0 Å². The molecule has 1 atom stereocenters. The van der Waals surface area contributed by atoms with Crippen LogP contribution in [-0.4, -0.2) is 41.0 Å². The number of aromatic nitrogens is 1. The monoisotopic (exact) mass is 415 g/mol. The zero-order chi connectivity index (χ0) is 21.2. The molecule has 0 saturated heterocycles. The fourth-order valence-corrected chi connectivity index (χ4v) is 3.79.